The van der Waals surface area contributed by atoms with E-state index in [0.29, 0.717) is 4.77 Å². The molecule has 0 radical (unpaired) electrons. The van der Waals surface area contributed by atoms with E-state index in [9.17, 15) is 0 Å². The molecular weight excluding hydrogens is 208 g/mol. The Morgan fingerprint density at radius 1 is 1.20 bits per heavy atom. The van der Waals surface area contributed by atoms with Crippen LogP contribution >= 0.6 is 12.2 Å². The van der Waals surface area contributed by atoms with Gasteiger partial charge in [0.05, 0.1) is 11.3 Å². The molecule has 1 aromatic rings. The van der Waals surface area contributed by atoms with Gasteiger partial charge < -0.3 is 4.42 Å². The van der Waals surface area contributed by atoms with Gasteiger partial charge in [-0.1, -0.05) is 12.1 Å². The van der Waals surface area contributed by atoms with Crippen molar-refractivity contribution in [1.29, 1.82) is 0 Å². The fraction of sp³-hybridized carbons (Fsp3) is 0. The van der Waals surface area contributed by atoms with Gasteiger partial charge in [-0.3, -0.25) is 0 Å². The van der Waals surface area contributed by atoms with Crippen LogP contribution in [0.2, 0.25) is 0 Å². The average Bonchev–Trinajstić information content (AvgIpc) is 2.29. The maximum Gasteiger partial charge on any atom is 0.219 e. The van der Waals surface area contributed by atoms with Crippen molar-refractivity contribution in [2.45, 2.75) is 0 Å². The van der Waals surface area contributed by atoms with Crippen molar-refractivity contribution in [3.8, 4) is 11.3 Å². The molecule has 4 heteroatoms. The minimum absolute atomic E-state index is 0.360. The summed E-state index contributed by atoms with van der Waals surface area (Å²) < 4.78 is 5.81. The second kappa shape index (κ2) is 3.10. The van der Waals surface area contributed by atoms with Gasteiger partial charge in [0.1, 0.15) is 11.8 Å². The molecule has 0 aliphatic carbocycles. The summed E-state index contributed by atoms with van der Waals surface area (Å²) in [7, 11) is 0. The van der Waals surface area contributed by atoms with E-state index < -0.39 is 0 Å². The van der Waals surface area contributed by atoms with E-state index in [1.165, 1.54) is 0 Å². The number of rotatable bonds is 0. The zero-order valence-electron chi connectivity index (χ0n) is 7.68. The number of para-hydroxylation sites is 1. The highest BCUT2D eigenvalue weighted by molar-refractivity contribution is 7.71. The summed E-state index contributed by atoms with van der Waals surface area (Å²) in [6, 6.07) is 7.73. The predicted molar refractivity (Wildman–Crippen MR) is 59.3 cm³/mol. The lowest BCUT2D eigenvalue weighted by Gasteiger charge is -2.05. The third-order valence-corrected chi connectivity index (χ3v) is 2.45. The normalized spacial score (nSPS) is 10.9. The Kier molecular flexibility index (Phi) is 1.76. The van der Waals surface area contributed by atoms with Crippen LogP contribution in [0.1, 0.15) is 0 Å². The van der Waals surface area contributed by atoms with Crippen LogP contribution < -0.4 is 0 Å². The predicted octanol–water partition coefficient (Wildman–Crippen LogP) is 3.06. The molecule has 3 nitrogen and oxygen atoms in total. The van der Waals surface area contributed by atoms with Crippen LogP contribution in [0.5, 0.6) is 0 Å². The van der Waals surface area contributed by atoms with Gasteiger partial charge in [0.15, 0.2) is 0 Å². The number of hydrogen-bond acceptors (Lipinski definition) is 4. The summed E-state index contributed by atoms with van der Waals surface area (Å²) in [6.07, 6.45) is 3.33. The summed E-state index contributed by atoms with van der Waals surface area (Å²) in [5.74, 6) is 0. The second-order valence-electron chi connectivity index (χ2n) is 3.19. The summed E-state index contributed by atoms with van der Waals surface area (Å²) in [5.41, 5.74) is 2.51. The standard InChI is InChI=1S/C11H6N2OS/c15-11-12-5-7-6-14-9-4-2-1-3-8(9)10(7)13-11/h1-6H. The molecule has 0 atom stereocenters. The van der Waals surface area contributed by atoms with Gasteiger partial charge in [-0.25, -0.2) is 9.97 Å². The SMILES string of the molecule is S=c1ncc2coc3ccccc3c-2n1. The van der Waals surface area contributed by atoms with Crippen molar-refractivity contribution in [2.75, 3.05) is 0 Å². The van der Waals surface area contributed by atoms with Gasteiger partial charge >= 0.3 is 0 Å². The van der Waals surface area contributed by atoms with Crippen molar-refractivity contribution >= 4 is 23.2 Å². The molecule has 15 heavy (non-hydrogen) atoms. The van der Waals surface area contributed by atoms with Gasteiger partial charge in [-0.15, -0.1) is 0 Å². The molecule has 3 rings (SSSR count). The summed E-state index contributed by atoms with van der Waals surface area (Å²) in [4.78, 5) is 8.21. The zero-order valence-corrected chi connectivity index (χ0v) is 8.49. The van der Waals surface area contributed by atoms with Gasteiger partial charge in [0.25, 0.3) is 0 Å². The minimum Gasteiger partial charge on any atom is -0.464 e. The van der Waals surface area contributed by atoms with E-state index in [1.807, 2.05) is 24.3 Å². The molecule has 1 aromatic carbocycles. The third-order valence-electron chi connectivity index (χ3n) is 2.25. The Balaban J connectivity index is 2.57. The summed E-state index contributed by atoms with van der Waals surface area (Å²) >= 11 is 4.95. The largest absolute Gasteiger partial charge is 0.464 e. The average molecular weight is 214 g/mol. The van der Waals surface area contributed by atoms with Gasteiger partial charge in [-0.05, 0) is 24.4 Å². The van der Waals surface area contributed by atoms with E-state index in [-0.39, 0.29) is 0 Å². The third kappa shape index (κ3) is 1.30. The molecule has 0 amide bonds. The van der Waals surface area contributed by atoms with Gasteiger partial charge in [0, 0.05) is 11.6 Å². The molecule has 0 N–H and O–H groups in total. The lowest BCUT2D eigenvalue weighted by molar-refractivity contribution is 0.604. The lowest BCUT2D eigenvalue weighted by Crippen LogP contribution is -1.90. The number of hydrogen-bond donors (Lipinski definition) is 0. The Bertz CT molecular complexity index is 662. The molecule has 72 valence electrons. The maximum absolute atomic E-state index is 5.45. The highest BCUT2D eigenvalue weighted by Crippen LogP contribution is 2.27. The van der Waals surface area contributed by atoms with E-state index in [1.54, 1.807) is 12.5 Å². The molecule has 0 saturated heterocycles. The van der Waals surface area contributed by atoms with E-state index in [4.69, 9.17) is 16.6 Å². The summed E-state index contributed by atoms with van der Waals surface area (Å²) in [5, 5.41) is 0.962. The van der Waals surface area contributed by atoms with Gasteiger partial charge in [-0.2, -0.15) is 0 Å². The fourth-order valence-corrected chi connectivity index (χ4v) is 1.71. The smallest absolute Gasteiger partial charge is 0.219 e. The first-order valence-corrected chi connectivity index (χ1v) is 4.89. The maximum atomic E-state index is 5.45. The number of benzene rings is 1. The fourth-order valence-electron chi connectivity index (χ4n) is 1.57. The van der Waals surface area contributed by atoms with Crippen LogP contribution in [-0.2, 0) is 0 Å². The Hall–Kier alpha value is -1.81. The van der Waals surface area contributed by atoms with Crippen LogP contribution in [0.3, 0.4) is 0 Å². The highest BCUT2D eigenvalue weighted by atomic mass is 32.1. The molecular formula is C11H6N2OS. The van der Waals surface area contributed by atoms with Crippen LogP contribution in [0.15, 0.2) is 41.1 Å². The molecule has 2 heterocycles. The van der Waals surface area contributed by atoms with Crippen molar-refractivity contribution in [1.82, 2.24) is 9.97 Å². The van der Waals surface area contributed by atoms with E-state index in [2.05, 4.69) is 9.97 Å². The Morgan fingerprint density at radius 3 is 3.00 bits per heavy atom. The van der Waals surface area contributed by atoms with Gasteiger partial charge in [0.2, 0.25) is 4.77 Å². The quantitative estimate of drug-likeness (QED) is 0.426. The molecule has 0 fully saturated rings. The first-order chi connectivity index (χ1) is 7.34. The van der Waals surface area contributed by atoms with Crippen molar-refractivity contribution in [2.24, 2.45) is 0 Å². The molecule has 0 aromatic heterocycles. The minimum atomic E-state index is 0.360. The van der Waals surface area contributed by atoms with Crippen molar-refractivity contribution < 1.29 is 4.42 Å². The summed E-state index contributed by atoms with van der Waals surface area (Å²) in [6.45, 7) is 0. The lowest BCUT2D eigenvalue weighted by atomic mass is 10.1. The van der Waals surface area contributed by atoms with Crippen LogP contribution in [0.4, 0.5) is 0 Å². The molecule has 2 aliphatic heterocycles. The van der Waals surface area contributed by atoms with Crippen LogP contribution in [-0.4, -0.2) is 9.97 Å². The number of fused-ring (bicyclic) bond motifs is 3. The van der Waals surface area contributed by atoms with Crippen LogP contribution in [0, 0.1) is 4.77 Å². The second-order valence-corrected chi connectivity index (χ2v) is 3.55. The first kappa shape index (κ1) is 8.49. The topological polar surface area (TPSA) is 38.9 Å². The number of aromatic nitrogens is 2. The monoisotopic (exact) mass is 214 g/mol. The Morgan fingerprint density at radius 2 is 2.07 bits per heavy atom. The molecule has 0 saturated carbocycles. The molecule has 0 spiro atoms. The first-order valence-electron chi connectivity index (χ1n) is 4.48. The highest BCUT2D eigenvalue weighted by Gasteiger charge is 2.09. The van der Waals surface area contributed by atoms with E-state index in [0.717, 1.165) is 22.2 Å². The number of nitrogens with zero attached hydrogens (tertiary/aromatic N) is 2. The van der Waals surface area contributed by atoms with E-state index >= 15 is 0 Å². The molecule has 2 aliphatic rings. The Labute approximate surface area is 90.8 Å². The van der Waals surface area contributed by atoms with Crippen molar-refractivity contribution in [3.05, 3.63) is 41.5 Å². The molecule has 0 bridgehead atoms. The zero-order chi connectivity index (χ0) is 10.3. The van der Waals surface area contributed by atoms with Crippen LogP contribution in [0.25, 0.3) is 22.2 Å². The van der Waals surface area contributed by atoms with Crippen molar-refractivity contribution in [3.63, 3.8) is 0 Å². The molecule has 0 unspecified atom stereocenters.